The molecule has 1 amide bonds. The Morgan fingerprint density at radius 1 is 0.903 bits per heavy atom. The highest BCUT2D eigenvalue weighted by molar-refractivity contribution is 7.89. The monoisotopic (exact) mass is 438 g/mol. The van der Waals surface area contributed by atoms with Crippen LogP contribution in [-0.4, -0.2) is 27.0 Å². The van der Waals surface area contributed by atoms with Gasteiger partial charge in [0.25, 0.3) is 5.91 Å². The Balaban J connectivity index is 1.56. The first-order valence-electron chi connectivity index (χ1n) is 10.1. The minimum atomic E-state index is -3.62. The van der Waals surface area contributed by atoms with Gasteiger partial charge >= 0.3 is 0 Å². The van der Waals surface area contributed by atoms with Crippen LogP contribution >= 0.6 is 0 Å². The molecule has 31 heavy (non-hydrogen) atoms. The van der Waals surface area contributed by atoms with Crippen molar-refractivity contribution < 1.29 is 17.9 Å². The number of nitrogens with one attached hydrogen (secondary N) is 2. The van der Waals surface area contributed by atoms with Gasteiger partial charge in [-0.25, -0.2) is 13.1 Å². The lowest BCUT2D eigenvalue weighted by molar-refractivity contribution is 0.102. The Morgan fingerprint density at radius 2 is 1.55 bits per heavy atom. The topological polar surface area (TPSA) is 84.5 Å². The zero-order chi connectivity index (χ0) is 22.3. The zero-order valence-corrected chi connectivity index (χ0v) is 18.4. The average molecular weight is 439 g/mol. The molecule has 0 spiro atoms. The maximum absolute atomic E-state index is 12.5. The van der Waals surface area contributed by atoms with E-state index in [1.54, 1.807) is 36.4 Å². The summed E-state index contributed by atoms with van der Waals surface area (Å²) in [7, 11) is -3.62. The minimum absolute atomic E-state index is 0.0577. The van der Waals surface area contributed by atoms with E-state index in [-0.39, 0.29) is 16.9 Å². The molecule has 0 saturated heterocycles. The van der Waals surface area contributed by atoms with Gasteiger partial charge in [-0.05, 0) is 74.4 Å². The lowest BCUT2D eigenvalue weighted by Gasteiger charge is -2.11. The molecule has 2 N–H and O–H groups in total. The van der Waals surface area contributed by atoms with E-state index in [9.17, 15) is 13.2 Å². The lowest BCUT2D eigenvalue weighted by atomic mass is 10.2. The van der Waals surface area contributed by atoms with Crippen LogP contribution in [0.5, 0.6) is 5.75 Å². The summed E-state index contributed by atoms with van der Waals surface area (Å²) >= 11 is 0. The van der Waals surface area contributed by atoms with Crippen LogP contribution in [0.2, 0.25) is 0 Å². The highest BCUT2D eigenvalue weighted by Crippen LogP contribution is 2.17. The van der Waals surface area contributed by atoms with E-state index in [2.05, 4.69) is 10.0 Å². The zero-order valence-electron chi connectivity index (χ0n) is 17.5. The second kappa shape index (κ2) is 10.2. The third-order valence-electron chi connectivity index (χ3n) is 4.46. The number of amides is 1. The molecular formula is C24H26N2O4S. The molecule has 0 bridgehead atoms. The lowest BCUT2D eigenvalue weighted by Crippen LogP contribution is -2.26. The molecule has 162 valence electrons. The van der Waals surface area contributed by atoms with E-state index in [4.69, 9.17) is 4.74 Å². The smallest absolute Gasteiger partial charge is 0.255 e. The van der Waals surface area contributed by atoms with Gasteiger partial charge in [-0.15, -0.1) is 0 Å². The predicted octanol–water partition coefficient (Wildman–Crippen LogP) is 4.25. The van der Waals surface area contributed by atoms with Gasteiger partial charge in [-0.3, -0.25) is 4.79 Å². The van der Waals surface area contributed by atoms with E-state index in [1.807, 2.05) is 44.2 Å². The summed E-state index contributed by atoms with van der Waals surface area (Å²) in [6.07, 6.45) is 0.664. The number of ether oxygens (including phenoxy) is 1. The van der Waals surface area contributed by atoms with Gasteiger partial charge in [-0.2, -0.15) is 0 Å². The van der Waals surface area contributed by atoms with E-state index in [0.717, 1.165) is 5.56 Å². The van der Waals surface area contributed by atoms with E-state index in [0.29, 0.717) is 30.0 Å². The van der Waals surface area contributed by atoms with Gasteiger partial charge < -0.3 is 10.1 Å². The molecular weight excluding hydrogens is 412 g/mol. The van der Waals surface area contributed by atoms with Gasteiger partial charge in [0.2, 0.25) is 10.0 Å². The molecule has 0 heterocycles. The number of rotatable bonds is 9. The summed E-state index contributed by atoms with van der Waals surface area (Å²) in [5.74, 6) is 0.411. The fraction of sp³-hybridized carbons (Fsp3) is 0.208. The predicted molar refractivity (Wildman–Crippen MR) is 122 cm³/mol. The Hall–Kier alpha value is -3.16. The van der Waals surface area contributed by atoms with Crippen molar-refractivity contribution in [3.8, 4) is 5.75 Å². The summed E-state index contributed by atoms with van der Waals surface area (Å²) in [5.41, 5.74) is 2.05. The van der Waals surface area contributed by atoms with Crippen LogP contribution in [0.25, 0.3) is 0 Å². The maximum Gasteiger partial charge on any atom is 0.255 e. The van der Waals surface area contributed by atoms with Gasteiger partial charge in [0.1, 0.15) is 5.75 Å². The van der Waals surface area contributed by atoms with Crippen molar-refractivity contribution in [2.24, 2.45) is 0 Å². The molecule has 7 heteroatoms. The Kier molecular flexibility index (Phi) is 7.44. The summed E-state index contributed by atoms with van der Waals surface area (Å²) in [6.45, 7) is 4.17. The number of benzene rings is 3. The van der Waals surface area contributed by atoms with Gasteiger partial charge in [0.05, 0.1) is 11.0 Å². The third kappa shape index (κ3) is 6.67. The quantitative estimate of drug-likeness (QED) is 0.523. The highest BCUT2D eigenvalue weighted by Gasteiger charge is 2.14. The largest absolute Gasteiger partial charge is 0.491 e. The van der Waals surface area contributed by atoms with Crippen LogP contribution in [0.1, 0.15) is 29.8 Å². The molecule has 0 radical (unpaired) electrons. The fourth-order valence-electron chi connectivity index (χ4n) is 2.94. The number of carbonyl (C=O) groups excluding carboxylic acids is 1. The Labute approximate surface area is 183 Å². The van der Waals surface area contributed by atoms with Crippen LogP contribution < -0.4 is 14.8 Å². The van der Waals surface area contributed by atoms with Crippen molar-refractivity contribution in [2.75, 3.05) is 11.9 Å². The molecule has 3 aromatic rings. The van der Waals surface area contributed by atoms with Crippen molar-refractivity contribution in [1.29, 1.82) is 0 Å². The molecule has 0 saturated carbocycles. The number of anilines is 1. The second-order valence-corrected chi connectivity index (χ2v) is 9.07. The van der Waals surface area contributed by atoms with Gasteiger partial charge in [-0.1, -0.05) is 30.3 Å². The molecule has 0 aliphatic heterocycles. The first kappa shape index (κ1) is 22.5. The normalized spacial score (nSPS) is 11.3. The number of hydrogen-bond donors (Lipinski definition) is 2. The van der Waals surface area contributed by atoms with Crippen molar-refractivity contribution in [1.82, 2.24) is 4.72 Å². The van der Waals surface area contributed by atoms with Crippen LogP contribution in [0, 0.1) is 0 Å². The molecule has 0 fully saturated rings. The molecule has 0 aromatic heterocycles. The van der Waals surface area contributed by atoms with E-state index in [1.165, 1.54) is 12.1 Å². The van der Waals surface area contributed by atoms with Crippen LogP contribution in [0.3, 0.4) is 0 Å². The number of carbonyl (C=O) groups is 1. The first-order chi connectivity index (χ1) is 14.8. The second-order valence-electron chi connectivity index (χ2n) is 7.30. The molecule has 0 aliphatic carbocycles. The molecule has 3 aromatic carbocycles. The van der Waals surface area contributed by atoms with Crippen LogP contribution in [0.15, 0.2) is 83.8 Å². The number of hydrogen-bond acceptors (Lipinski definition) is 4. The van der Waals surface area contributed by atoms with Crippen LogP contribution in [-0.2, 0) is 16.4 Å². The standard InChI is InChI=1S/C24H26N2O4S/c1-18(2)30-22-12-8-20(9-13-22)24(27)26-21-10-14-23(15-11-21)31(28,29)25-17-16-19-6-4-3-5-7-19/h3-15,18,25H,16-17H2,1-2H3,(H,26,27). The van der Waals surface area contributed by atoms with Gasteiger partial charge in [0.15, 0.2) is 0 Å². The Bertz CT molecular complexity index is 1090. The first-order valence-corrected chi connectivity index (χ1v) is 11.5. The molecule has 0 unspecified atom stereocenters. The average Bonchev–Trinajstić information content (AvgIpc) is 2.75. The summed E-state index contributed by atoms with van der Waals surface area (Å²) in [6, 6.07) is 22.6. The summed E-state index contributed by atoms with van der Waals surface area (Å²) in [5, 5.41) is 2.77. The van der Waals surface area contributed by atoms with E-state index < -0.39 is 10.0 Å². The highest BCUT2D eigenvalue weighted by atomic mass is 32.2. The van der Waals surface area contributed by atoms with E-state index >= 15 is 0 Å². The molecule has 6 nitrogen and oxygen atoms in total. The third-order valence-corrected chi connectivity index (χ3v) is 5.94. The van der Waals surface area contributed by atoms with Crippen molar-refractivity contribution in [3.63, 3.8) is 0 Å². The Morgan fingerprint density at radius 3 is 2.16 bits per heavy atom. The van der Waals surface area contributed by atoms with Gasteiger partial charge in [0, 0.05) is 17.8 Å². The van der Waals surface area contributed by atoms with Crippen molar-refractivity contribution in [3.05, 3.63) is 90.0 Å². The fourth-order valence-corrected chi connectivity index (χ4v) is 3.97. The molecule has 0 atom stereocenters. The molecule has 0 aliphatic rings. The number of sulfonamides is 1. The van der Waals surface area contributed by atoms with Crippen molar-refractivity contribution >= 4 is 21.6 Å². The SMILES string of the molecule is CC(C)Oc1ccc(C(=O)Nc2ccc(S(=O)(=O)NCCc3ccccc3)cc2)cc1. The summed E-state index contributed by atoms with van der Waals surface area (Å²) < 4.78 is 33.1. The maximum atomic E-state index is 12.5. The van der Waals surface area contributed by atoms with Crippen molar-refractivity contribution in [2.45, 2.75) is 31.3 Å². The minimum Gasteiger partial charge on any atom is -0.491 e. The summed E-state index contributed by atoms with van der Waals surface area (Å²) in [4.78, 5) is 12.6. The van der Waals surface area contributed by atoms with Crippen LogP contribution in [0.4, 0.5) is 5.69 Å². The molecule has 3 rings (SSSR count).